The first-order valence-electron chi connectivity index (χ1n) is 9.38. The van der Waals surface area contributed by atoms with Crippen LogP contribution >= 0.6 is 0 Å². The van der Waals surface area contributed by atoms with E-state index >= 15 is 0 Å². The first-order valence-corrected chi connectivity index (χ1v) is 9.38. The molecule has 8 heteroatoms. The number of amides is 1. The van der Waals surface area contributed by atoms with Crippen molar-refractivity contribution in [3.05, 3.63) is 27.8 Å². The minimum Gasteiger partial charge on any atom is -0.384 e. The smallest absolute Gasteiger partial charge is 0.292 e. The first-order chi connectivity index (χ1) is 12.5. The predicted molar refractivity (Wildman–Crippen MR) is 99.7 cm³/mol. The minimum absolute atomic E-state index is 0.0942. The van der Waals surface area contributed by atoms with E-state index in [0.29, 0.717) is 19.1 Å². The molecule has 0 radical (unpaired) electrons. The monoisotopic (exact) mass is 359 g/mol. The Balaban J connectivity index is 1.47. The molecule has 1 saturated heterocycles. The van der Waals surface area contributed by atoms with Gasteiger partial charge in [-0.15, -0.1) is 0 Å². The molecule has 8 nitrogen and oxygen atoms in total. The molecule has 1 aromatic rings. The summed E-state index contributed by atoms with van der Waals surface area (Å²) in [7, 11) is 0. The lowest BCUT2D eigenvalue weighted by Crippen LogP contribution is -2.54. The minimum atomic E-state index is -0.286. The van der Waals surface area contributed by atoms with Crippen LogP contribution in [0.4, 0.5) is 17.1 Å². The largest absolute Gasteiger partial charge is 0.384 e. The predicted octanol–water partition coefficient (Wildman–Crippen LogP) is 1.35. The number of nitrogens with one attached hydrogen (secondary N) is 2. The molecule has 26 heavy (non-hydrogen) atoms. The van der Waals surface area contributed by atoms with Crippen molar-refractivity contribution in [3.63, 3.8) is 0 Å². The average molecular weight is 359 g/mol. The van der Waals surface area contributed by atoms with Crippen LogP contribution in [0.5, 0.6) is 0 Å². The molecule has 2 N–H and O–H groups in total. The second-order valence-corrected chi connectivity index (χ2v) is 7.38. The van der Waals surface area contributed by atoms with Crippen molar-refractivity contribution in [3.8, 4) is 0 Å². The highest BCUT2D eigenvalue weighted by atomic mass is 16.6. The Kier molecular flexibility index (Phi) is 4.44. The van der Waals surface area contributed by atoms with Gasteiger partial charge < -0.3 is 15.5 Å². The van der Waals surface area contributed by atoms with Gasteiger partial charge in [0.15, 0.2) is 0 Å². The van der Waals surface area contributed by atoms with Crippen LogP contribution in [0.1, 0.15) is 25.3 Å². The summed E-state index contributed by atoms with van der Waals surface area (Å²) in [6, 6.07) is 3.62. The van der Waals surface area contributed by atoms with Gasteiger partial charge in [-0.3, -0.25) is 19.8 Å². The van der Waals surface area contributed by atoms with Gasteiger partial charge in [-0.05, 0) is 32.3 Å². The Morgan fingerprint density at radius 1 is 1.31 bits per heavy atom. The Morgan fingerprint density at radius 2 is 2.04 bits per heavy atom. The second-order valence-electron chi connectivity index (χ2n) is 7.38. The SMILES string of the molecule is CC(C(=O)NC1CC1)N1CCN(c2c([N+](=O)[O-])ccc3c2CCN3)CC1. The van der Waals surface area contributed by atoms with Crippen LogP contribution in [0, 0.1) is 10.1 Å². The summed E-state index contributed by atoms with van der Waals surface area (Å²) in [5.74, 6) is 0.0942. The van der Waals surface area contributed by atoms with Crippen LogP contribution < -0.4 is 15.5 Å². The van der Waals surface area contributed by atoms with Crippen molar-refractivity contribution in [1.29, 1.82) is 0 Å². The second kappa shape index (κ2) is 6.75. The van der Waals surface area contributed by atoms with Crippen molar-refractivity contribution in [2.75, 3.05) is 42.9 Å². The van der Waals surface area contributed by atoms with Crippen LogP contribution in [-0.4, -0.2) is 60.5 Å². The number of nitrogens with zero attached hydrogens (tertiary/aromatic N) is 3. The number of fused-ring (bicyclic) bond motifs is 1. The fourth-order valence-electron chi connectivity index (χ4n) is 3.91. The van der Waals surface area contributed by atoms with Crippen molar-refractivity contribution in [2.24, 2.45) is 0 Å². The number of nitro groups is 1. The third-order valence-corrected chi connectivity index (χ3v) is 5.63. The average Bonchev–Trinajstić information content (AvgIpc) is 3.32. The zero-order valence-corrected chi connectivity index (χ0v) is 15.0. The first kappa shape index (κ1) is 17.1. The normalized spacial score (nSPS) is 21.0. The third-order valence-electron chi connectivity index (χ3n) is 5.63. The molecule has 4 rings (SSSR count). The summed E-state index contributed by atoms with van der Waals surface area (Å²) in [5, 5.41) is 17.9. The van der Waals surface area contributed by atoms with Gasteiger partial charge in [0.1, 0.15) is 5.69 Å². The van der Waals surface area contributed by atoms with E-state index in [4.69, 9.17) is 0 Å². The molecule has 1 atom stereocenters. The van der Waals surface area contributed by atoms with Crippen LogP contribution in [-0.2, 0) is 11.2 Å². The van der Waals surface area contributed by atoms with E-state index in [0.717, 1.165) is 55.8 Å². The van der Waals surface area contributed by atoms with E-state index in [1.54, 1.807) is 6.07 Å². The molecule has 140 valence electrons. The summed E-state index contributed by atoms with van der Waals surface area (Å²) in [6.07, 6.45) is 2.98. The van der Waals surface area contributed by atoms with Crippen molar-refractivity contribution < 1.29 is 9.72 Å². The number of anilines is 2. The summed E-state index contributed by atoms with van der Waals surface area (Å²) in [6.45, 7) is 5.61. The Bertz CT molecular complexity index is 726. The van der Waals surface area contributed by atoms with Gasteiger partial charge >= 0.3 is 0 Å². The molecule has 0 aromatic heterocycles. The summed E-state index contributed by atoms with van der Waals surface area (Å²) < 4.78 is 0. The fourth-order valence-corrected chi connectivity index (χ4v) is 3.91. The molecule has 1 saturated carbocycles. The molecule has 2 fully saturated rings. The van der Waals surface area contributed by atoms with E-state index in [1.165, 1.54) is 0 Å². The molecule has 0 bridgehead atoms. The van der Waals surface area contributed by atoms with Gasteiger partial charge in [0.25, 0.3) is 5.69 Å². The van der Waals surface area contributed by atoms with E-state index < -0.39 is 0 Å². The van der Waals surface area contributed by atoms with Crippen LogP contribution in [0.15, 0.2) is 12.1 Å². The lowest BCUT2D eigenvalue weighted by Gasteiger charge is -2.38. The molecule has 1 aromatic carbocycles. The Labute approximate surface area is 152 Å². The zero-order valence-electron chi connectivity index (χ0n) is 15.0. The quantitative estimate of drug-likeness (QED) is 0.609. The molecule has 0 spiro atoms. The maximum absolute atomic E-state index is 12.3. The van der Waals surface area contributed by atoms with Gasteiger partial charge in [-0.2, -0.15) is 0 Å². The number of nitro benzene ring substituents is 1. The van der Waals surface area contributed by atoms with E-state index in [1.807, 2.05) is 13.0 Å². The van der Waals surface area contributed by atoms with E-state index in [2.05, 4.69) is 20.4 Å². The lowest BCUT2D eigenvalue weighted by molar-refractivity contribution is -0.384. The maximum Gasteiger partial charge on any atom is 0.292 e. The molecule has 1 aliphatic carbocycles. The van der Waals surface area contributed by atoms with Gasteiger partial charge in [-0.25, -0.2) is 0 Å². The van der Waals surface area contributed by atoms with Crippen LogP contribution in [0.3, 0.4) is 0 Å². The topological polar surface area (TPSA) is 90.8 Å². The number of carbonyl (C=O) groups excluding carboxylic acids is 1. The molecule has 1 unspecified atom stereocenters. The standard InChI is InChI=1S/C18H25N5O3/c1-12(18(24)20-13-2-3-13)21-8-10-22(11-9-21)17-14-6-7-19-15(14)4-5-16(17)23(25)26/h4-5,12-13,19H,2-3,6-11H2,1H3,(H,20,24). The number of carbonyl (C=O) groups is 1. The zero-order chi connectivity index (χ0) is 18.3. The van der Waals surface area contributed by atoms with Crippen LogP contribution in [0.2, 0.25) is 0 Å². The summed E-state index contributed by atoms with van der Waals surface area (Å²) >= 11 is 0. The van der Waals surface area contributed by atoms with Gasteiger partial charge in [0.2, 0.25) is 5.91 Å². The van der Waals surface area contributed by atoms with Crippen molar-refractivity contribution >= 4 is 23.0 Å². The number of rotatable bonds is 5. The summed E-state index contributed by atoms with van der Waals surface area (Å²) in [4.78, 5) is 27.8. The fraction of sp³-hybridized carbons (Fsp3) is 0.611. The highest BCUT2D eigenvalue weighted by Crippen LogP contribution is 2.39. The molecule has 3 aliphatic rings. The van der Waals surface area contributed by atoms with Crippen molar-refractivity contribution in [2.45, 2.75) is 38.3 Å². The maximum atomic E-state index is 12.3. The lowest BCUT2D eigenvalue weighted by atomic mass is 10.1. The van der Waals surface area contributed by atoms with Gasteiger partial charge in [0, 0.05) is 56.1 Å². The number of hydrogen-bond acceptors (Lipinski definition) is 6. The van der Waals surface area contributed by atoms with Gasteiger partial charge in [-0.1, -0.05) is 0 Å². The molecule has 2 heterocycles. The Hall–Kier alpha value is -2.35. The highest BCUT2D eigenvalue weighted by molar-refractivity contribution is 5.82. The molecule has 1 amide bonds. The summed E-state index contributed by atoms with van der Waals surface area (Å²) in [5.41, 5.74) is 2.99. The number of hydrogen-bond donors (Lipinski definition) is 2. The van der Waals surface area contributed by atoms with Crippen molar-refractivity contribution in [1.82, 2.24) is 10.2 Å². The molecular weight excluding hydrogens is 334 g/mol. The molecule has 2 aliphatic heterocycles. The van der Waals surface area contributed by atoms with Crippen LogP contribution in [0.25, 0.3) is 0 Å². The van der Waals surface area contributed by atoms with E-state index in [-0.39, 0.29) is 22.6 Å². The highest BCUT2D eigenvalue weighted by Gasteiger charge is 2.33. The van der Waals surface area contributed by atoms with Gasteiger partial charge in [0.05, 0.1) is 11.0 Å². The Morgan fingerprint density at radius 3 is 2.69 bits per heavy atom. The third kappa shape index (κ3) is 3.21. The number of benzene rings is 1. The number of piperazine rings is 1. The van der Waals surface area contributed by atoms with E-state index in [9.17, 15) is 14.9 Å². The molecular formula is C18H25N5O3.